The van der Waals surface area contributed by atoms with E-state index in [0.29, 0.717) is 0 Å². The van der Waals surface area contributed by atoms with Crippen molar-refractivity contribution in [1.29, 1.82) is 0 Å². The van der Waals surface area contributed by atoms with Crippen LogP contribution in [0.4, 0.5) is 5.13 Å². The Kier molecular flexibility index (Phi) is 3.85. The molecule has 6 heteroatoms. The van der Waals surface area contributed by atoms with E-state index in [9.17, 15) is 0 Å². The highest BCUT2D eigenvalue weighted by Gasteiger charge is 2.20. The van der Waals surface area contributed by atoms with Crippen molar-refractivity contribution >= 4 is 16.7 Å². The Bertz CT molecular complexity index is 268. The molecule has 1 aliphatic heterocycles. The molecule has 84 valence electrons. The average molecular weight is 227 g/mol. The predicted molar refractivity (Wildman–Crippen MR) is 61.2 cm³/mol. The van der Waals surface area contributed by atoms with Crippen LogP contribution in [0.25, 0.3) is 0 Å². The van der Waals surface area contributed by atoms with Gasteiger partial charge in [0, 0.05) is 24.6 Å². The number of aromatic nitrogens is 3. The molecule has 2 rings (SSSR count). The number of nitrogens with one attached hydrogen (secondary N) is 1. The van der Waals surface area contributed by atoms with Crippen molar-refractivity contribution in [2.45, 2.75) is 19.3 Å². The van der Waals surface area contributed by atoms with E-state index in [0.717, 1.165) is 30.7 Å². The maximum atomic E-state index is 4.00. The van der Waals surface area contributed by atoms with Crippen molar-refractivity contribution < 1.29 is 0 Å². The van der Waals surface area contributed by atoms with Crippen LogP contribution in [-0.4, -0.2) is 41.5 Å². The van der Waals surface area contributed by atoms with Gasteiger partial charge in [0.05, 0.1) is 0 Å². The van der Waals surface area contributed by atoms with E-state index < -0.39 is 0 Å². The van der Waals surface area contributed by atoms with E-state index in [1.54, 1.807) is 0 Å². The maximum absolute atomic E-state index is 4.00. The molecule has 0 radical (unpaired) electrons. The number of rotatable bonds is 4. The Morgan fingerprint density at radius 3 is 2.87 bits per heavy atom. The summed E-state index contributed by atoms with van der Waals surface area (Å²) in [6.07, 6.45) is 3.82. The van der Waals surface area contributed by atoms with Gasteiger partial charge in [-0.1, -0.05) is 9.59 Å². The summed E-state index contributed by atoms with van der Waals surface area (Å²) in [5.74, 6) is 0.870. The molecule has 1 aliphatic rings. The van der Waals surface area contributed by atoms with Crippen molar-refractivity contribution in [1.82, 2.24) is 20.1 Å². The van der Waals surface area contributed by atoms with E-state index in [2.05, 4.69) is 25.0 Å². The zero-order valence-electron chi connectivity index (χ0n) is 9.02. The lowest BCUT2D eigenvalue weighted by Crippen LogP contribution is -2.34. The first kappa shape index (κ1) is 10.8. The Hall–Kier alpha value is -0.750. The van der Waals surface area contributed by atoms with Crippen LogP contribution in [0.3, 0.4) is 0 Å². The number of anilines is 1. The van der Waals surface area contributed by atoms with Crippen molar-refractivity contribution in [3.8, 4) is 0 Å². The maximum Gasteiger partial charge on any atom is 0.227 e. The van der Waals surface area contributed by atoms with Crippen LogP contribution in [0.1, 0.15) is 19.3 Å². The summed E-state index contributed by atoms with van der Waals surface area (Å²) < 4.78 is 3.79. The van der Waals surface area contributed by atoms with E-state index in [1.807, 2.05) is 7.05 Å². The third kappa shape index (κ3) is 2.85. The lowest BCUT2D eigenvalue weighted by atomic mass is 9.94. The molecule has 0 bridgehead atoms. The van der Waals surface area contributed by atoms with Gasteiger partial charge in [-0.15, -0.1) is 0 Å². The normalized spacial score (nSPS) is 18.3. The minimum Gasteiger partial charge on any atom is -0.345 e. The van der Waals surface area contributed by atoms with Crippen molar-refractivity contribution in [3.63, 3.8) is 0 Å². The third-order valence-corrected chi connectivity index (χ3v) is 3.63. The molecule has 1 aromatic heterocycles. The molecule has 0 atom stereocenters. The molecule has 15 heavy (non-hydrogen) atoms. The first-order valence-corrected chi connectivity index (χ1v) is 6.22. The van der Waals surface area contributed by atoms with Crippen molar-refractivity contribution in [2.75, 3.05) is 31.6 Å². The van der Waals surface area contributed by atoms with E-state index in [4.69, 9.17) is 0 Å². The molecule has 1 aromatic rings. The fourth-order valence-electron chi connectivity index (χ4n) is 2.01. The number of nitrogens with zero attached hydrogens (tertiary/aromatic N) is 4. The van der Waals surface area contributed by atoms with Gasteiger partial charge in [-0.05, 0) is 44.0 Å². The van der Waals surface area contributed by atoms with Crippen molar-refractivity contribution in [2.24, 2.45) is 5.92 Å². The molecule has 0 aliphatic carbocycles. The second kappa shape index (κ2) is 5.37. The molecule has 0 aromatic carbocycles. The molecule has 0 amide bonds. The van der Waals surface area contributed by atoms with Crippen LogP contribution in [-0.2, 0) is 0 Å². The fourth-order valence-corrected chi connectivity index (χ4v) is 2.53. The fraction of sp³-hybridized carbons (Fsp3) is 0.889. The Morgan fingerprint density at radius 2 is 2.27 bits per heavy atom. The van der Waals surface area contributed by atoms with Crippen LogP contribution in [0, 0.1) is 5.92 Å². The second-order valence-electron chi connectivity index (χ2n) is 3.97. The van der Waals surface area contributed by atoms with Gasteiger partial charge in [0.1, 0.15) is 0 Å². The molecule has 0 unspecified atom stereocenters. The third-order valence-electron chi connectivity index (χ3n) is 2.98. The molecule has 0 spiro atoms. The predicted octanol–water partition coefficient (Wildman–Crippen LogP) is 0.759. The van der Waals surface area contributed by atoms with Crippen LogP contribution in [0.2, 0.25) is 0 Å². The van der Waals surface area contributed by atoms with Crippen LogP contribution in [0.5, 0.6) is 0 Å². The average Bonchev–Trinajstić information content (AvgIpc) is 2.80. The Balaban J connectivity index is 1.77. The number of hydrogen-bond acceptors (Lipinski definition) is 6. The smallest absolute Gasteiger partial charge is 0.227 e. The Morgan fingerprint density at radius 1 is 1.47 bits per heavy atom. The van der Waals surface area contributed by atoms with Crippen molar-refractivity contribution in [3.05, 3.63) is 0 Å². The van der Waals surface area contributed by atoms with Gasteiger partial charge in [0.25, 0.3) is 0 Å². The van der Waals surface area contributed by atoms with E-state index in [-0.39, 0.29) is 0 Å². The number of piperidine rings is 1. The molecular weight excluding hydrogens is 210 g/mol. The molecule has 5 nitrogen and oxygen atoms in total. The summed E-state index contributed by atoms with van der Waals surface area (Å²) >= 11 is 1.39. The lowest BCUT2D eigenvalue weighted by Gasteiger charge is -2.31. The quantitative estimate of drug-likeness (QED) is 0.823. The zero-order chi connectivity index (χ0) is 10.5. The van der Waals surface area contributed by atoms with Gasteiger partial charge in [-0.2, -0.15) is 0 Å². The summed E-state index contributed by atoms with van der Waals surface area (Å²) in [5, 5.41) is 11.8. The van der Waals surface area contributed by atoms with Gasteiger partial charge >= 0.3 is 0 Å². The summed E-state index contributed by atoms with van der Waals surface area (Å²) in [7, 11) is 2.02. The first-order chi connectivity index (χ1) is 7.40. The van der Waals surface area contributed by atoms with Crippen LogP contribution >= 0.6 is 11.5 Å². The highest BCUT2D eigenvalue weighted by Crippen LogP contribution is 2.24. The summed E-state index contributed by atoms with van der Waals surface area (Å²) in [6, 6.07) is 0. The highest BCUT2D eigenvalue weighted by molar-refractivity contribution is 7.09. The topological polar surface area (TPSA) is 53.9 Å². The molecule has 2 heterocycles. The summed E-state index contributed by atoms with van der Waals surface area (Å²) in [6.45, 7) is 3.33. The summed E-state index contributed by atoms with van der Waals surface area (Å²) in [4.78, 5) is 2.29. The number of hydrogen-bond donors (Lipinski definition) is 1. The molecule has 1 fully saturated rings. The minimum atomic E-state index is 0.870. The van der Waals surface area contributed by atoms with Gasteiger partial charge in [0.2, 0.25) is 5.13 Å². The van der Waals surface area contributed by atoms with Crippen LogP contribution in [0.15, 0.2) is 0 Å². The summed E-state index contributed by atoms with van der Waals surface area (Å²) in [5.41, 5.74) is 0. The largest absolute Gasteiger partial charge is 0.345 e. The second-order valence-corrected chi connectivity index (χ2v) is 4.68. The lowest BCUT2D eigenvalue weighted by molar-refractivity contribution is 0.377. The minimum absolute atomic E-state index is 0.870. The standard InChI is InChI=1S/C9H17N5S/c1-10-5-2-8-3-6-14(7-4-8)9-11-12-13-15-9/h8,10H,2-7H2,1H3. The van der Waals surface area contributed by atoms with Gasteiger partial charge in [-0.25, -0.2) is 0 Å². The first-order valence-electron chi connectivity index (χ1n) is 5.44. The zero-order valence-corrected chi connectivity index (χ0v) is 9.83. The van der Waals surface area contributed by atoms with E-state index >= 15 is 0 Å². The SMILES string of the molecule is CNCCC1CCN(c2nnns2)CC1. The molecular formula is C9H17N5S. The Labute approximate surface area is 94.0 Å². The van der Waals surface area contributed by atoms with Crippen LogP contribution < -0.4 is 10.2 Å². The molecule has 1 N–H and O–H groups in total. The highest BCUT2D eigenvalue weighted by atomic mass is 32.1. The van der Waals surface area contributed by atoms with Gasteiger partial charge in [-0.3, -0.25) is 0 Å². The van der Waals surface area contributed by atoms with Gasteiger partial charge in [0.15, 0.2) is 0 Å². The molecule has 1 saturated heterocycles. The monoisotopic (exact) mass is 227 g/mol. The van der Waals surface area contributed by atoms with E-state index in [1.165, 1.54) is 30.8 Å². The molecule has 0 saturated carbocycles. The van der Waals surface area contributed by atoms with Gasteiger partial charge < -0.3 is 10.2 Å².